The number of imidazole rings is 1. The largest absolute Gasteiger partial charge is 0.347 e. The number of aryl methyl sites for hydroxylation is 1. The molecule has 1 N–H and O–H groups in total. The Bertz CT molecular complexity index is 1140. The van der Waals surface area contributed by atoms with Gasteiger partial charge in [-0.05, 0) is 23.1 Å². The molecule has 0 aliphatic heterocycles. The molecule has 0 aliphatic carbocycles. The lowest BCUT2D eigenvalue weighted by molar-refractivity contribution is -0.122. The van der Waals surface area contributed by atoms with Crippen molar-refractivity contribution in [3.63, 3.8) is 0 Å². The molecule has 0 saturated heterocycles. The highest BCUT2D eigenvalue weighted by atomic mass is 35.5. The zero-order valence-electron chi connectivity index (χ0n) is 16.1. The second kappa shape index (κ2) is 7.63. The number of nitrogens with zero attached hydrogens (tertiary/aromatic N) is 4. The monoisotopic (exact) mass is 403 g/mol. The molecule has 0 bridgehead atoms. The predicted octanol–water partition coefficient (Wildman–Crippen LogP) is 1.60. The van der Waals surface area contributed by atoms with Crippen LogP contribution in [-0.4, -0.2) is 24.6 Å². The van der Waals surface area contributed by atoms with E-state index in [4.69, 9.17) is 11.6 Å². The summed E-state index contributed by atoms with van der Waals surface area (Å²) >= 11 is 6.18. The van der Waals surface area contributed by atoms with E-state index in [1.54, 1.807) is 0 Å². The van der Waals surface area contributed by atoms with E-state index in [-0.39, 0.29) is 40.9 Å². The Morgan fingerprint density at radius 3 is 2.39 bits per heavy atom. The third kappa shape index (κ3) is 3.47. The van der Waals surface area contributed by atoms with E-state index in [1.165, 1.54) is 23.2 Å². The topological polar surface area (TPSA) is 90.9 Å². The molecule has 1 aromatic carbocycles. The summed E-state index contributed by atoms with van der Waals surface area (Å²) in [7, 11) is 2.88. The van der Waals surface area contributed by atoms with E-state index in [2.05, 4.69) is 10.3 Å². The lowest BCUT2D eigenvalue weighted by Crippen LogP contribution is -2.38. The third-order valence-electron chi connectivity index (χ3n) is 4.74. The number of fused-ring (bicyclic) bond motifs is 1. The van der Waals surface area contributed by atoms with Crippen LogP contribution < -0.4 is 16.6 Å². The van der Waals surface area contributed by atoms with Crippen molar-refractivity contribution >= 4 is 28.7 Å². The Balaban J connectivity index is 1.97. The van der Waals surface area contributed by atoms with Gasteiger partial charge in [-0.2, -0.15) is 4.98 Å². The Kier molecular flexibility index (Phi) is 5.42. The highest BCUT2D eigenvalue weighted by molar-refractivity contribution is 6.29. The van der Waals surface area contributed by atoms with Gasteiger partial charge in [0, 0.05) is 14.1 Å². The normalized spacial score (nSPS) is 12.5. The zero-order chi connectivity index (χ0) is 20.6. The molecule has 1 atom stereocenters. The standard InChI is InChI=1S/C19H22ClN5O3/c1-11(2)14(12-8-6-5-7-9-12)21-13(26)10-25-15-16(22-18(25)20)23(3)19(28)24(4)17(15)27/h5-9,11,14H,10H2,1-4H3,(H,21,26). The molecule has 0 radical (unpaired) electrons. The maximum Gasteiger partial charge on any atom is 0.332 e. The summed E-state index contributed by atoms with van der Waals surface area (Å²) in [4.78, 5) is 41.5. The number of carbonyl (C=O) groups is 1. The minimum absolute atomic E-state index is 0.0238. The second-order valence-corrected chi connectivity index (χ2v) is 7.38. The van der Waals surface area contributed by atoms with Crippen LogP contribution in [0, 0.1) is 5.92 Å². The van der Waals surface area contributed by atoms with E-state index in [9.17, 15) is 14.4 Å². The maximum absolute atomic E-state index is 12.7. The highest BCUT2D eigenvalue weighted by Crippen LogP contribution is 2.22. The summed E-state index contributed by atoms with van der Waals surface area (Å²) in [6.45, 7) is 3.85. The van der Waals surface area contributed by atoms with E-state index in [1.807, 2.05) is 44.2 Å². The smallest absolute Gasteiger partial charge is 0.332 e. The molecule has 3 rings (SSSR count). The number of hydrogen-bond donors (Lipinski definition) is 1. The summed E-state index contributed by atoms with van der Waals surface area (Å²) < 4.78 is 3.53. The van der Waals surface area contributed by atoms with Gasteiger partial charge in [-0.3, -0.25) is 23.3 Å². The van der Waals surface area contributed by atoms with Crippen LogP contribution in [-0.2, 0) is 25.4 Å². The lowest BCUT2D eigenvalue weighted by Gasteiger charge is -2.23. The fraction of sp³-hybridized carbons (Fsp3) is 0.368. The van der Waals surface area contributed by atoms with E-state index in [0.29, 0.717) is 0 Å². The minimum atomic E-state index is -0.547. The fourth-order valence-electron chi connectivity index (χ4n) is 3.22. The van der Waals surface area contributed by atoms with Crippen LogP contribution in [0.1, 0.15) is 25.5 Å². The first-order valence-electron chi connectivity index (χ1n) is 8.88. The van der Waals surface area contributed by atoms with Crippen LogP contribution in [0.4, 0.5) is 0 Å². The molecule has 3 aromatic rings. The Morgan fingerprint density at radius 1 is 1.14 bits per heavy atom. The quantitative estimate of drug-likeness (QED) is 0.655. The molecule has 0 fully saturated rings. The van der Waals surface area contributed by atoms with Crippen LogP contribution in [0.2, 0.25) is 5.28 Å². The van der Waals surface area contributed by atoms with Crippen molar-refractivity contribution in [2.24, 2.45) is 20.0 Å². The molecule has 1 amide bonds. The van der Waals surface area contributed by atoms with Gasteiger partial charge < -0.3 is 5.32 Å². The first-order valence-corrected chi connectivity index (χ1v) is 9.26. The molecule has 0 aliphatic rings. The van der Waals surface area contributed by atoms with Gasteiger partial charge in [-0.25, -0.2) is 4.79 Å². The van der Waals surface area contributed by atoms with Crippen molar-refractivity contribution in [2.45, 2.75) is 26.4 Å². The van der Waals surface area contributed by atoms with Crippen molar-refractivity contribution in [1.29, 1.82) is 0 Å². The second-order valence-electron chi connectivity index (χ2n) is 7.04. The fourth-order valence-corrected chi connectivity index (χ4v) is 3.45. The number of rotatable bonds is 5. The SMILES string of the molecule is CC(C)C(NC(=O)Cn1c(Cl)nc2c1c(=O)n(C)c(=O)n2C)c1ccccc1. The number of nitrogens with one attached hydrogen (secondary N) is 1. The molecular formula is C19H22ClN5O3. The number of aromatic nitrogens is 4. The summed E-state index contributed by atoms with van der Waals surface area (Å²) in [6.07, 6.45) is 0. The van der Waals surface area contributed by atoms with Gasteiger partial charge in [0.25, 0.3) is 5.56 Å². The van der Waals surface area contributed by atoms with Gasteiger partial charge in [0.15, 0.2) is 11.2 Å². The summed E-state index contributed by atoms with van der Waals surface area (Å²) in [5.41, 5.74) is 0.201. The molecule has 1 unspecified atom stereocenters. The number of amides is 1. The molecule has 8 nitrogen and oxygen atoms in total. The van der Waals surface area contributed by atoms with Crippen LogP contribution in [0.3, 0.4) is 0 Å². The van der Waals surface area contributed by atoms with Crippen LogP contribution >= 0.6 is 11.6 Å². The first kappa shape index (κ1) is 19.9. The van der Waals surface area contributed by atoms with Crippen molar-refractivity contribution < 1.29 is 4.79 Å². The number of hydrogen-bond acceptors (Lipinski definition) is 4. The van der Waals surface area contributed by atoms with Crippen LogP contribution in [0.5, 0.6) is 0 Å². The van der Waals surface area contributed by atoms with Gasteiger partial charge in [-0.1, -0.05) is 44.2 Å². The average molecular weight is 404 g/mol. The van der Waals surface area contributed by atoms with Crippen molar-refractivity contribution in [3.05, 3.63) is 62.0 Å². The molecule has 2 heterocycles. The predicted molar refractivity (Wildman–Crippen MR) is 107 cm³/mol. The molecule has 0 spiro atoms. The van der Waals surface area contributed by atoms with Gasteiger partial charge in [0.1, 0.15) is 6.54 Å². The van der Waals surface area contributed by atoms with Crippen LogP contribution in [0.25, 0.3) is 11.2 Å². The van der Waals surface area contributed by atoms with Crippen molar-refractivity contribution in [2.75, 3.05) is 0 Å². The molecule has 9 heteroatoms. The summed E-state index contributed by atoms with van der Waals surface area (Å²) in [5, 5.41) is 2.98. The number of halogens is 1. The Morgan fingerprint density at radius 2 is 1.79 bits per heavy atom. The van der Waals surface area contributed by atoms with E-state index in [0.717, 1.165) is 10.1 Å². The van der Waals surface area contributed by atoms with Gasteiger partial charge >= 0.3 is 5.69 Å². The average Bonchev–Trinajstić information content (AvgIpc) is 2.99. The van der Waals surface area contributed by atoms with Crippen molar-refractivity contribution in [1.82, 2.24) is 24.0 Å². The number of carbonyl (C=O) groups excluding carboxylic acids is 1. The highest BCUT2D eigenvalue weighted by Gasteiger charge is 2.22. The molecule has 28 heavy (non-hydrogen) atoms. The van der Waals surface area contributed by atoms with Gasteiger partial charge in [0.05, 0.1) is 6.04 Å². The van der Waals surface area contributed by atoms with E-state index < -0.39 is 11.2 Å². The lowest BCUT2D eigenvalue weighted by atomic mass is 9.96. The molecule has 2 aromatic heterocycles. The first-order chi connectivity index (χ1) is 13.2. The summed E-state index contributed by atoms with van der Waals surface area (Å²) in [5.74, 6) is -0.144. The van der Waals surface area contributed by atoms with Gasteiger partial charge in [0.2, 0.25) is 11.2 Å². The maximum atomic E-state index is 12.7. The minimum Gasteiger partial charge on any atom is -0.347 e. The molecular weight excluding hydrogens is 382 g/mol. The molecule has 0 saturated carbocycles. The van der Waals surface area contributed by atoms with E-state index >= 15 is 0 Å². The van der Waals surface area contributed by atoms with Crippen molar-refractivity contribution in [3.8, 4) is 0 Å². The molecule has 148 valence electrons. The van der Waals surface area contributed by atoms with Gasteiger partial charge in [-0.15, -0.1) is 0 Å². The Labute approximate surface area is 166 Å². The zero-order valence-corrected chi connectivity index (χ0v) is 16.9. The Hall–Kier alpha value is -2.87. The van der Waals surface area contributed by atoms with Crippen LogP contribution in [0.15, 0.2) is 39.9 Å². The third-order valence-corrected chi connectivity index (χ3v) is 5.03. The summed E-state index contributed by atoms with van der Waals surface area (Å²) in [6, 6.07) is 9.48. The number of benzene rings is 1.